The van der Waals surface area contributed by atoms with E-state index in [1.54, 1.807) is 0 Å². The first kappa shape index (κ1) is 10.2. The van der Waals surface area contributed by atoms with E-state index in [2.05, 4.69) is 46.1 Å². The van der Waals surface area contributed by atoms with Crippen molar-refractivity contribution in [3.63, 3.8) is 0 Å². The Morgan fingerprint density at radius 1 is 1.27 bits per heavy atom. The Balaban J connectivity index is 2.02. The average molecular weight is 203 g/mol. The summed E-state index contributed by atoms with van der Waals surface area (Å²) in [4.78, 5) is 3.29. The van der Waals surface area contributed by atoms with Gasteiger partial charge in [0.1, 0.15) is 0 Å². The second kappa shape index (κ2) is 4.96. The topological polar surface area (TPSA) is 39.8 Å². The molecular weight excluding hydrogens is 186 g/mol. The second-order valence-electron chi connectivity index (χ2n) is 3.64. The first-order valence-corrected chi connectivity index (χ1v) is 5.32. The van der Waals surface area contributed by atoms with Crippen LogP contribution in [-0.2, 0) is 6.42 Å². The van der Waals surface area contributed by atoms with Crippen molar-refractivity contribution in [1.29, 1.82) is 0 Å². The SMILES string of the molecule is CNCNCCc1c[nH]c2ccccc12. The lowest BCUT2D eigenvalue weighted by Crippen LogP contribution is -2.27. The summed E-state index contributed by atoms with van der Waals surface area (Å²) in [6, 6.07) is 8.42. The summed E-state index contributed by atoms with van der Waals surface area (Å²) >= 11 is 0. The molecule has 0 atom stereocenters. The Kier molecular flexibility index (Phi) is 3.37. The smallest absolute Gasteiger partial charge is 0.0456 e. The van der Waals surface area contributed by atoms with Crippen LogP contribution in [0.5, 0.6) is 0 Å². The molecule has 2 aromatic rings. The van der Waals surface area contributed by atoms with Crippen LogP contribution in [0.25, 0.3) is 10.9 Å². The van der Waals surface area contributed by atoms with Crippen LogP contribution >= 0.6 is 0 Å². The highest BCUT2D eigenvalue weighted by molar-refractivity contribution is 5.83. The number of rotatable bonds is 5. The van der Waals surface area contributed by atoms with Gasteiger partial charge in [-0.1, -0.05) is 18.2 Å². The minimum absolute atomic E-state index is 0.863. The van der Waals surface area contributed by atoms with Crippen molar-refractivity contribution in [2.75, 3.05) is 20.3 Å². The number of nitrogens with one attached hydrogen (secondary N) is 3. The predicted octanol–water partition coefficient (Wildman–Crippen LogP) is 1.48. The van der Waals surface area contributed by atoms with E-state index in [0.29, 0.717) is 0 Å². The molecule has 0 radical (unpaired) electrons. The maximum Gasteiger partial charge on any atom is 0.0456 e. The molecule has 80 valence electrons. The number of fused-ring (bicyclic) bond motifs is 1. The van der Waals surface area contributed by atoms with Crippen LogP contribution in [0.2, 0.25) is 0 Å². The third-order valence-corrected chi connectivity index (χ3v) is 2.55. The molecule has 0 amide bonds. The Bertz CT molecular complexity index is 419. The van der Waals surface area contributed by atoms with E-state index in [-0.39, 0.29) is 0 Å². The lowest BCUT2D eigenvalue weighted by atomic mass is 10.1. The monoisotopic (exact) mass is 203 g/mol. The highest BCUT2D eigenvalue weighted by atomic mass is 15.0. The van der Waals surface area contributed by atoms with Gasteiger partial charge < -0.3 is 15.6 Å². The highest BCUT2D eigenvalue weighted by Gasteiger charge is 2.01. The van der Waals surface area contributed by atoms with E-state index in [1.165, 1.54) is 16.5 Å². The zero-order chi connectivity index (χ0) is 10.5. The largest absolute Gasteiger partial charge is 0.361 e. The average Bonchev–Trinajstić information content (AvgIpc) is 2.68. The Morgan fingerprint density at radius 2 is 2.13 bits per heavy atom. The van der Waals surface area contributed by atoms with Crippen LogP contribution in [0.15, 0.2) is 30.5 Å². The summed E-state index contributed by atoms with van der Waals surface area (Å²) in [5.41, 5.74) is 2.61. The van der Waals surface area contributed by atoms with E-state index in [0.717, 1.165) is 19.6 Å². The van der Waals surface area contributed by atoms with Gasteiger partial charge in [-0.25, -0.2) is 0 Å². The third-order valence-electron chi connectivity index (χ3n) is 2.55. The quantitative estimate of drug-likeness (QED) is 0.509. The summed E-state index contributed by atoms with van der Waals surface area (Å²) < 4.78 is 0. The molecule has 1 heterocycles. The molecule has 0 aliphatic rings. The van der Waals surface area contributed by atoms with Crippen LogP contribution in [0, 0.1) is 0 Å². The van der Waals surface area contributed by atoms with Crippen molar-refractivity contribution in [3.8, 4) is 0 Å². The van der Waals surface area contributed by atoms with Crippen molar-refractivity contribution < 1.29 is 0 Å². The number of H-pyrrole nitrogens is 1. The van der Waals surface area contributed by atoms with Crippen LogP contribution < -0.4 is 10.6 Å². The van der Waals surface area contributed by atoms with Gasteiger partial charge in [0.05, 0.1) is 0 Å². The van der Waals surface area contributed by atoms with Crippen LogP contribution in [0.1, 0.15) is 5.56 Å². The van der Waals surface area contributed by atoms with Crippen LogP contribution in [0.3, 0.4) is 0 Å². The Hall–Kier alpha value is -1.32. The van der Waals surface area contributed by atoms with Gasteiger partial charge >= 0.3 is 0 Å². The summed E-state index contributed by atoms with van der Waals surface area (Å²) in [5.74, 6) is 0. The van der Waals surface area contributed by atoms with Crippen molar-refractivity contribution in [2.24, 2.45) is 0 Å². The molecule has 0 saturated heterocycles. The first-order valence-electron chi connectivity index (χ1n) is 5.32. The molecule has 0 aliphatic heterocycles. The van der Waals surface area contributed by atoms with E-state index < -0.39 is 0 Å². The summed E-state index contributed by atoms with van der Waals surface area (Å²) in [6.07, 6.45) is 3.16. The highest BCUT2D eigenvalue weighted by Crippen LogP contribution is 2.17. The van der Waals surface area contributed by atoms with Gasteiger partial charge in [0.15, 0.2) is 0 Å². The molecule has 1 aromatic heterocycles. The molecule has 0 saturated carbocycles. The second-order valence-corrected chi connectivity index (χ2v) is 3.64. The van der Waals surface area contributed by atoms with Crippen molar-refractivity contribution >= 4 is 10.9 Å². The normalized spacial score (nSPS) is 11.0. The van der Waals surface area contributed by atoms with Gasteiger partial charge in [-0.2, -0.15) is 0 Å². The zero-order valence-corrected chi connectivity index (χ0v) is 9.01. The third kappa shape index (κ3) is 2.37. The van der Waals surface area contributed by atoms with Gasteiger partial charge in [-0.05, 0) is 25.1 Å². The molecule has 3 heteroatoms. The number of aromatic amines is 1. The minimum Gasteiger partial charge on any atom is -0.361 e. The van der Waals surface area contributed by atoms with Gasteiger partial charge in [0, 0.05) is 30.3 Å². The molecule has 0 aliphatic carbocycles. The fraction of sp³-hybridized carbons (Fsp3) is 0.333. The molecule has 0 bridgehead atoms. The van der Waals surface area contributed by atoms with Crippen molar-refractivity contribution in [2.45, 2.75) is 6.42 Å². The summed E-state index contributed by atoms with van der Waals surface area (Å²) in [6.45, 7) is 1.87. The minimum atomic E-state index is 0.863. The molecule has 0 unspecified atom stereocenters. The molecule has 2 rings (SSSR count). The molecular formula is C12H17N3. The number of aromatic nitrogens is 1. The van der Waals surface area contributed by atoms with Crippen LogP contribution in [-0.4, -0.2) is 25.2 Å². The predicted molar refractivity (Wildman–Crippen MR) is 63.9 cm³/mol. The van der Waals surface area contributed by atoms with E-state index in [1.807, 2.05) is 7.05 Å². The molecule has 3 N–H and O–H groups in total. The van der Waals surface area contributed by atoms with Crippen molar-refractivity contribution in [1.82, 2.24) is 15.6 Å². The van der Waals surface area contributed by atoms with E-state index in [4.69, 9.17) is 0 Å². The first-order chi connectivity index (χ1) is 7.42. The fourth-order valence-corrected chi connectivity index (χ4v) is 1.77. The van der Waals surface area contributed by atoms with Gasteiger partial charge in [0.2, 0.25) is 0 Å². The molecule has 0 spiro atoms. The molecule has 1 aromatic carbocycles. The van der Waals surface area contributed by atoms with Crippen molar-refractivity contribution in [3.05, 3.63) is 36.0 Å². The maximum absolute atomic E-state index is 3.31. The number of para-hydroxylation sites is 1. The van der Waals surface area contributed by atoms with E-state index >= 15 is 0 Å². The van der Waals surface area contributed by atoms with Crippen LogP contribution in [0.4, 0.5) is 0 Å². The van der Waals surface area contributed by atoms with E-state index in [9.17, 15) is 0 Å². The fourth-order valence-electron chi connectivity index (χ4n) is 1.77. The number of hydrogen-bond donors (Lipinski definition) is 3. The lowest BCUT2D eigenvalue weighted by Gasteiger charge is -2.02. The Labute approximate surface area is 89.9 Å². The summed E-state index contributed by atoms with van der Waals surface area (Å²) in [7, 11) is 1.94. The number of hydrogen-bond acceptors (Lipinski definition) is 2. The van der Waals surface area contributed by atoms with Gasteiger partial charge in [0.25, 0.3) is 0 Å². The van der Waals surface area contributed by atoms with Gasteiger partial charge in [-0.15, -0.1) is 0 Å². The summed E-state index contributed by atoms with van der Waals surface area (Å²) in [5, 5.41) is 7.72. The molecule has 0 fully saturated rings. The Morgan fingerprint density at radius 3 is 3.00 bits per heavy atom. The zero-order valence-electron chi connectivity index (χ0n) is 9.01. The molecule has 15 heavy (non-hydrogen) atoms. The molecule has 3 nitrogen and oxygen atoms in total. The maximum atomic E-state index is 3.31. The number of benzene rings is 1. The lowest BCUT2D eigenvalue weighted by molar-refractivity contribution is 0.632. The van der Waals surface area contributed by atoms with Gasteiger partial charge in [-0.3, -0.25) is 0 Å². The standard InChI is InChI=1S/C12H17N3/c1-13-9-14-7-6-10-8-15-12-5-3-2-4-11(10)12/h2-5,8,13-15H,6-7,9H2,1H3.